The molecule has 1 aromatic carbocycles. The van der Waals surface area contributed by atoms with Gasteiger partial charge in [-0.15, -0.1) is 0 Å². The highest BCUT2D eigenvalue weighted by atomic mass is 19.1. The van der Waals surface area contributed by atoms with Crippen LogP contribution in [0.3, 0.4) is 0 Å². The fraction of sp³-hybridized carbons (Fsp3) is 0.231. The summed E-state index contributed by atoms with van der Waals surface area (Å²) in [6, 6.07) is 4.24. The van der Waals surface area contributed by atoms with E-state index in [-0.39, 0.29) is 5.82 Å². The Hall–Kier alpha value is -2.41. The molecule has 20 heavy (non-hydrogen) atoms. The topological polar surface area (TPSA) is 85.1 Å². The highest BCUT2D eigenvalue weighted by Gasteiger charge is 2.11. The van der Waals surface area contributed by atoms with E-state index in [9.17, 15) is 4.39 Å². The maximum Gasteiger partial charge on any atom is 0.148 e. The first-order chi connectivity index (χ1) is 9.69. The fourth-order valence-electron chi connectivity index (χ4n) is 1.88. The van der Waals surface area contributed by atoms with Crippen molar-refractivity contribution in [2.75, 3.05) is 17.9 Å². The fourth-order valence-corrected chi connectivity index (χ4v) is 1.88. The Morgan fingerprint density at radius 2 is 2.05 bits per heavy atom. The van der Waals surface area contributed by atoms with E-state index in [2.05, 4.69) is 20.7 Å². The van der Waals surface area contributed by atoms with Crippen molar-refractivity contribution in [3.8, 4) is 5.75 Å². The molecule has 0 fully saturated rings. The Balaban J connectivity index is 2.39. The first-order valence-electron chi connectivity index (χ1n) is 6.10. The number of nitrogens with two attached hydrogens (primary N) is 1. The normalized spacial score (nSPS) is 10.2. The zero-order valence-corrected chi connectivity index (χ0v) is 11.3. The highest BCUT2D eigenvalue weighted by molar-refractivity contribution is 5.68. The van der Waals surface area contributed by atoms with E-state index in [0.29, 0.717) is 29.5 Å². The summed E-state index contributed by atoms with van der Waals surface area (Å²) in [5.41, 5.74) is 3.98. The molecule has 0 spiro atoms. The summed E-state index contributed by atoms with van der Waals surface area (Å²) in [7, 11) is 1.48. The minimum atomic E-state index is -0.366. The number of hydrogen-bond acceptors (Lipinski definition) is 6. The van der Waals surface area contributed by atoms with Crippen molar-refractivity contribution < 1.29 is 9.13 Å². The predicted octanol–water partition coefficient (Wildman–Crippen LogP) is 2.22. The van der Waals surface area contributed by atoms with Gasteiger partial charge in [0.05, 0.1) is 12.8 Å². The van der Waals surface area contributed by atoms with Crippen LogP contribution >= 0.6 is 0 Å². The summed E-state index contributed by atoms with van der Waals surface area (Å²) in [5, 5.41) is 3.11. The molecule has 4 N–H and O–H groups in total. The minimum absolute atomic E-state index is 0.366. The third-order valence-electron chi connectivity index (χ3n) is 2.85. The van der Waals surface area contributed by atoms with Gasteiger partial charge in [-0.2, -0.15) is 0 Å². The molecule has 2 rings (SSSR count). The molecule has 0 atom stereocenters. The van der Waals surface area contributed by atoms with E-state index in [4.69, 9.17) is 10.6 Å². The lowest BCUT2D eigenvalue weighted by Gasteiger charge is -2.14. The van der Waals surface area contributed by atoms with Crippen LogP contribution < -0.4 is 21.3 Å². The number of methoxy groups -OCH3 is 1. The Morgan fingerprint density at radius 3 is 2.70 bits per heavy atom. The van der Waals surface area contributed by atoms with Crippen LogP contribution in [-0.4, -0.2) is 17.1 Å². The van der Waals surface area contributed by atoms with E-state index in [1.54, 1.807) is 6.07 Å². The van der Waals surface area contributed by atoms with Gasteiger partial charge in [-0.05, 0) is 18.6 Å². The van der Waals surface area contributed by atoms with E-state index in [0.717, 1.165) is 5.56 Å². The lowest BCUT2D eigenvalue weighted by molar-refractivity contribution is 0.413. The molecule has 1 aromatic heterocycles. The predicted molar refractivity (Wildman–Crippen MR) is 75.5 cm³/mol. The summed E-state index contributed by atoms with van der Waals surface area (Å²) >= 11 is 0. The van der Waals surface area contributed by atoms with Gasteiger partial charge in [0.1, 0.15) is 29.5 Å². The number of aromatic nitrogens is 2. The second-order valence-electron chi connectivity index (χ2n) is 4.02. The van der Waals surface area contributed by atoms with Crippen molar-refractivity contribution in [3.05, 3.63) is 35.9 Å². The van der Waals surface area contributed by atoms with Crippen molar-refractivity contribution in [2.24, 2.45) is 5.84 Å². The molecule has 2 aromatic rings. The summed E-state index contributed by atoms with van der Waals surface area (Å²) < 4.78 is 18.3. The SMILES string of the molecule is CCc1c(NN)ncnc1Nc1ccc(F)cc1OC. The van der Waals surface area contributed by atoms with E-state index in [1.807, 2.05) is 6.92 Å². The average molecular weight is 277 g/mol. The molecule has 0 aliphatic rings. The Morgan fingerprint density at radius 1 is 1.30 bits per heavy atom. The van der Waals surface area contributed by atoms with Crippen LogP contribution in [-0.2, 0) is 6.42 Å². The van der Waals surface area contributed by atoms with Crippen LogP contribution in [0.15, 0.2) is 24.5 Å². The number of benzene rings is 1. The molecule has 0 bridgehead atoms. The molecule has 0 radical (unpaired) electrons. The van der Waals surface area contributed by atoms with Crippen molar-refractivity contribution in [1.82, 2.24) is 9.97 Å². The molecule has 7 heteroatoms. The third kappa shape index (κ3) is 2.77. The van der Waals surface area contributed by atoms with Crippen LogP contribution in [0, 0.1) is 5.82 Å². The van der Waals surface area contributed by atoms with Crippen molar-refractivity contribution >= 4 is 17.3 Å². The molecule has 0 aliphatic heterocycles. The monoisotopic (exact) mass is 277 g/mol. The Bertz CT molecular complexity index is 605. The van der Waals surface area contributed by atoms with Crippen LogP contribution in [0.4, 0.5) is 21.7 Å². The van der Waals surface area contributed by atoms with Gasteiger partial charge in [0, 0.05) is 11.6 Å². The first kappa shape index (κ1) is 14.0. The number of hydrogen-bond donors (Lipinski definition) is 3. The zero-order chi connectivity index (χ0) is 14.5. The second kappa shape index (κ2) is 6.16. The summed E-state index contributed by atoms with van der Waals surface area (Å²) in [4.78, 5) is 8.23. The summed E-state index contributed by atoms with van der Waals surface area (Å²) in [6.45, 7) is 1.96. The van der Waals surface area contributed by atoms with Gasteiger partial charge < -0.3 is 15.5 Å². The van der Waals surface area contributed by atoms with Gasteiger partial charge in [0.25, 0.3) is 0 Å². The van der Waals surface area contributed by atoms with E-state index < -0.39 is 0 Å². The van der Waals surface area contributed by atoms with Crippen LogP contribution in [0.25, 0.3) is 0 Å². The average Bonchev–Trinajstić information content (AvgIpc) is 2.48. The van der Waals surface area contributed by atoms with Crippen molar-refractivity contribution in [3.63, 3.8) is 0 Å². The molecule has 0 unspecified atom stereocenters. The van der Waals surface area contributed by atoms with Crippen LogP contribution in [0.2, 0.25) is 0 Å². The van der Waals surface area contributed by atoms with Gasteiger partial charge in [-0.25, -0.2) is 20.2 Å². The molecule has 0 saturated heterocycles. The zero-order valence-electron chi connectivity index (χ0n) is 11.3. The number of anilines is 3. The number of nitrogens with one attached hydrogen (secondary N) is 2. The van der Waals surface area contributed by atoms with E-state index >= 15 is 0 Å². The van der Waals surface area contributed by atoms with Gasteiger partial charge >= 0.3 is 0 Å². The second-order valence-corrected chi connectivity index (χ2v) is 4.02. The quantitative estimate of drug-likeness (QED) is 0.574. The first-order valence-corrected chi connectivity index (χ1v) is 6.10. The maximum atomic E-state index is 13.2. The van der Waals surface area contributed by atoms with Crippen LogP contribution in [0.1, 0.15) is 12.5 Å². The number of nitrogen functional groups attached to an aromatic ring is 1. The van der Waals surface area contributed by atoms with Crippen molar-refractivity contribution in [1.29, 1.82) is 0 Å². The summed E-state index contributed by atoms with van der Waals surface area (Å²) in [6.07, 6.45) is 2.08. The Labute approximate surface area is 116 Å². The minimum Gasteiger partial charge on any atom is -0.494 e. The number of rotatable bonds is 5. The maximum absolute atomic E-state index is 13.2. The molecule has 0 aliphatic carbocycles. The molecule has 0 saturated carbocycles. The van der Waals surface area contributed by atoms with Gasteiger partial charge in [0.2, 0.25) is 0 Å². The van der Waals surface area contributed by atoms with E-state index in [1.165, 1.54) is 25.6 Å². The lowest BCUT2D eigenvalue weighted by atomic mass is 10.2. The molecular weight excluding hydrogens is 261 g/mol. The molecular formula is C13H16FN5O. The third-order valence-corrected chi connectivity index (χ3v) is 2.85. The smallest absolute Gasteiger partial charge is 0.148 e. The molecule has 1 heterocycles. The Kier molecular flexibility index (Phi) is 4.31. The van der Waals surface area contributed by atoms with Gasteiger partial charge in [-0.1, -0.05) is 6.92 Å². The number of hydrazine groups is 1. The molecule has 106 valence electrons. The van der Waals surface area contributed by atoms with Crippen molar-refractivity contribution in [2.45, 2.75) is 13.3 Å². The summed E-state index contributed by atoms with van der Waals surface area (Å²) in [5.74, 6) is 6.60. The highest BCUT2D eigenvalue weighted by Crippen LogP contribution is 2.30. The van der Waals surface area contributed by atoms with Gasteiger partial charge in [0.15, 0.2) is 0 Å². The molecule has 6 nitrogen and oxygen atoms in total. The molecule has 0 amide bonds. The van der Waals surface area contributed by atoms with Gasteiger partial charge in [-0.3, -0.25) is 0 Å². The number of halogens is 1. The standard InChI is InChI=1S/C13H16FN5O/c1-3-9-12(16-7-17-13(9)19-15)18-10-5-4-8(14)6-11(10)20-2/h4-7H,3,15H2,1-2H3,(H2,16,17,18,19). The number of nitrogens with zero attached hydrogens (tertiary/aromatic N) is 2. The lowest BCUT2D eigenvalue weighted by Crippen LogP contribution is -2.13. The van der Waals surface area contributed by atoms with Crippen LogP contribution in [0.5, 0.6) is 5.75 Å². The largest absolute Gasteiger partial charge is 0.494 e. The number of ether oxygens (including phenoxy) is 1.